The maximum atomic E-state index is 13.3. The van der Waals surface area contributed by atoms with E-state index in [9.17, 15) is 4.79 Å². The Hall–Kier alpha value is -2.34. The SMILES string of the molecule is C#CCOc1c(OC)cc(C=Nn2c([C@@H](C)CC)nc3ccc(Br)cc3c2=O)c(Br)c1Cl. The van der Waals surface area contributed by atoms with Crippen LogP contribution in [0.1, 0.15) is 37.6 Å². The van der Waals surface area contributed by atoms with Gasteiger partial charge < -0.3 is 9.47 Å². The zero-order valence-electron chi connectivity index (χ0n) is 17.7. The summed E-state index contributed by atoms with van der Waals surface area (Å²) in [5.41, 5.74) is 0.961. The molecule has 32 heavy (non-hydrogen) atoms. The zero-order valence-corrected chi connectivity index (χ0v) is 21.6. The van der Waals surface area contributed by atoms with Crippen molar-refractivity contribution in [2.45, 2.75) is 26.2 Å². The number of methoxy groups -OCH3 is 1. The molecule has 0 saturated carbocycles. The highest BCUT2D eigenvalue weighted by molar-refractivity contribution is 9.10. The smallest absolute Gasteiger partial charge is 0.282 e. The van der Waals surface area contributed by atoms with Gasteiger partial charge in [0.05, 0.1) is 24.2 Å². The summed E-state index contributed by atoms with van der Waals surface area (Å²) in [6.07, 6.45) is 7.61. The van der Waals surface area contributed by atoms with Gasteiger partial charge in [-0.2, -0.15) is 9.78 Å². The number of nitrogens with zero attached hydrogens (tertiary/aromatic N) is 3. The zero-order chi connectivity index (χ0) is 23.4. The summed E-state index contributed by atoms with van der Waals surface area (Å²) in [5, 5.41) is 5.23. The molecule has 3 rings (SSSR count). The van der Waals surface area contributed by atoms with Crippen LogP contribution < -0.4 is 15.0 Å². The van der Waals surface area contributed by atoms with Crippen LogP contribution in [-0.2, 0) is 0 Å². The molecule has 0 unspecified atom stereocenters. The van der Waals surface area contributed by atoms with Gasteiger partial charge in [0, 0.05) is 20.4 Å². The van der Waals surface area contributed by atoms with Crippen LogP contribution in [0.4, 0.5) is 0 Å². The molecule has 0 aliphatic heterocycles. The van der Waals surface area contributed by atoms with Crippen molar-refractivity contribution in [1.29, 1.82) is 0 Å². The van der Waals surface area contributed by atoms with E-state index in [1.165, 1.54) is 18.0 Å². The summed E-state index contributed by atoms with van der Waals surface area (Å²) in [5.74, 6) is 3.71. The molecule has 0 aliphatic rings. The lowest BCUT2D eigenvalue weighted by atomic mass is 10.1. The number of hydrogen-bond donors (Lipinski definition) is 0. The number of benzene rings is 2. The van der Waals surface area contributed by atoms with Crippen LogP contribution in [0.2, 0.25) is 5.02 Å². The summed E-state index contributed by atoms with van der Waals surface area (Å²) < 4.78 is 13.6. The predicted octanol–water partition coefficient (Wildman–Crippen LogP) is 5.99. The average Bonchev–Trinajstić information content (AvgIpc) is 2.79. The molecule has 9 heteroatoms. The highest BCUT2D eigenvalue weighted by Gasteiger charge is 2.18. The standard InChI is InChI=1S/C23H20Br2ClN3O3/c1-5-9-32-21-18(31-4)10-14(19(25)20(21)26)12-27-29-22(13(3)6-2)28-17-8-7-15(24)11-16(17)23(29)30/h1,7-8,10-13H,6,9H2,2-4H3/t13-/m0/s1. The third-order valence-corrected chi connectivity index (χ3v) is 6.81. The topological polar surface area (TPSA) is 65.7 Å². The Kier molecular flexibility index (Phi) is 7.99. The van der Waals surface area contributed by atoms with E-state index in [4.69, 9.17) is 32.5 Å². The maximum Gasteiger partial charge on any atom is 0.282 e. The molecule has 0 saturated heterocycles. The average molecular weight is 582 g/mol. The van der Waals surface area contributed by atoms with E-state index in [1.807, 2.05) is 26.0 Å². The van der Waals surface area contributed by atoms with Gasteiger partial charge in [0.15, 0.2) is 11.5 Å². The molecule has 0 amide bonds. The van der Waals surface area contributed by atoms with E-state index in [2.05, 4.69) is 42.9 Å². The van der Waals surface area contributed by atoms with Crippen molar-refractivity contribution >= 4 is 60.6 Å². The fraction of sp³-hybridized carbons (Fsp3) is 0.261. The highest BCUT2D eigenvalue weighted by Crippen LogP contribution is 2.42. The van der Waals surface area contributed by atoms with Crippen LogP contribution in [0.25, 0.3) is 10.9 Å². The lowest BCUT2D eigenvalue weighted by Gasteiger charge is -2.15. The van der Waals surface area contributed by atoms with Gasteiger partial charge in [0.2, 0.25) is 0 Å². The van der Waals surface area contributed by atoms with Gasteiger partial charge in [-0.25, -0.2) is 4.98 Å². The number of terminal acetylenes is 1. The summed E-state index contributed by atoms with van der Waals surface area (Å²) >= 11 is 13.3. The lowest BCUT2D eigenvalue weighted by Crippen LogP contribution is -2.23. The highest BCUT2D eigenvalue weighted by atomic mass is 79.9. The van der Waals surface area contributed by atoms with E-state index >= 15 is 0 Å². The van der Waals surface area contributed by atoms with Crippen molar-refractivity contribution in [3.8, 4) is 23.8 Å². The number of fused-ring (bicyclic) bond motifs is 1. The van der Waals surface area contributed by atoms with Gasteiger partial charge in [-0.1, -0.05) is 47.3 Å². The largest absolute Gasteiger partial charge is 0.493 e. The van der Waals surface area contributed by atoms with Crippen molar-refractivity contribution < 1.29 is 9.47 Å². The summed E-state index contributed by atoms with van der Waals surface area (Å²) in [7, 11) is 1.50. The Morgan fingerprint density at radius 1 is 1.38 bits per heavy atom. The first kappa shape index (κ1) is 24.3. The number of halogens is 3. The molecule has 0 N–H and O–H groups in total. The molecule has 0 fully saturated rings. The second-order valence-corrected chi connectivity index (χ2v) is 9.01. The van der Waals surface area contributed by atoms with Crippen molar-refractivity contribution in [3.05, 3.63) is 60.0 Å². The Labute approximate surface area is 207 Å². The van der Waals surface area contributed by atoms with Gasteiger partial charge in [-0.3, -0.25) is 4.79 Å². The third kappa shape index (κ3) is 4.85. The molecule has 1 heterocycles. The Balaban J connectivity index is 2.18. The molecule has 0 bridgehead atoms. The minimum absolute atomic E-state index is 0.0222. The number of ether oxygens (including phenoxy) is 2. The first-order valence-electron chi connectivity index (χ1n) is 9.71. The normalized spacial score (nSPS) is 12.2. The Bertz CT molecular complexity index is 1300. The second kappa shape index (κ2) is 10.5. The Morgan fingerprint density at radius 2 is 2.12 bits per heavy atom. The molecule has 1 atom stereocenters. The van der Waals surface area contributed by atoms with Crippen LogP contribution in [0.3, 0.4) is 0 Å². The monoisotopic (exact) mass is 579 g/mol. The first-order chi connectivity index (χ1) is 15.3. The van der Waals surface area contributed by atoms with Gasteiger partial charge in [0.1, 0.15) is 17.5 Å². The third-order valence-electron chi connectivity index (χ3n) is 4.87. The van der Waals surface area contributed by atoms with Gasteiger partial charge in [-0.15, -0.1) is 6.42 Å². The molecular formula is C23H20Br2ClN3O3. The Morgan fingerprint density at radius 3 is 2.78 bits per heavy atom. The van der Waals surface area contributed by atoms with Crippen molar-refractivity contribution in [1.82, 2.24) is 9.66 Å². The number of hydrogen-bond acceptors (Lipinski definition) is 5. The minimum atomic E-state index is -0.258. The van der Waals surface area contributed by atoms with E-state index < -0.39 is 0 Å². The van der Waals surface area contributed by atoms with Crippen molar-refractivity contribution in [2.24, 2.45) is 5.10 Å². The van der Waals surface area contributed by atoms with Crippen LogP contribution in [-0.4, -0.2) is 29.6 Å². The van der Waals surface area contributed by atoms with E-state index in [0.717, 1.165) is 10.9 Å². The number of rotatable bonds is 7. The molecule has 0 aliphatic carbocycles. The second-order valence-electron chi connectivity index (χ2n) is 6.92. The van der Waals surface area contributed by atoms with Crippen LogP contribution in [0.5, 0.6) is 11.5 Å². The molecule has 6 nitrogen and oxygen atoms in total. The molecule has 3 aromatic rings. The van der Waals surface area contributed by atoms with E-state index in [1.54, 1.807) is 12.1 Å². The van der Waals surface area contributed by atoms with Crippen LogP contribution in [0.15, 0.2) is 43.1 Å². The van der Waals surface area contributed by atoms with Crippen LogP contribution >= 0.6 is 43.5 Å². The predicted molar refractivity (Wildman–Crippen MR) is 135 cm³/mol. The van der Waals surface area contributed by atoms with Gasteiger partial charge >= 0.3 is 0 Å². The molecule has 1 aromatic heterocycles. The van der Waals surface area contributed by atoms with E-state index in [0.29, 0.717) is 38.3 Å². The quantitative estimate of drug-likeness (QED) is 0.254. The number of aromatic nitrogens is 2. The summed E-state index contributed by atoms with van der Waals surface area (Å²) in [4.78, 5) is 18.0. The minimum Gasteiger partial charge on any atom is -0.493 e. The van der Waals surface area contributed by atoms with E-state index in [-0.39, 0.29) is 23.1 Å². The molecule has 0 spiro atoms. The lowest BCUT2D eigenvalue weighted by molar-refractivity contribution is 0.331. The molecular weight excluding hydrogens is 562 g/mol. The maximum absolute atomic E-state index is 13.3. The summed E-state index contributed by atoms with van der Waals surface area (Å²) in [6.45, 7) is 4.08. The van der Waals surface area contributed by atoms with Gasteiger partial charge in [0.25, 0.3) is 5.56 Å². The first-order valence-corrected chi connectivity index (χ1v) is 11.7. The van der Waals surface area contributed by atoms with Gasteiger partial charge in [-0.05, 0) is 46.6 Å². The van der Waals surface area contributed by atoms with Crippen molar-refractivity contribution in [3.63, 3.8) is 0 Å². The molecule has 2 aromatic carbocycles. The summed E-state index contributed by atoms with van der Waals surface area (Å²) in [6, 6.07) is 7.11. The molecule has 166 valence electrons. The molecule has 0 radical (unpaired) electrons. The fourth-order valence-corrected chi connectivity index (χ4v) is 4.01. The van der Waals surface area contributed by atoms with Crippen molar-refractivity contribution in [2.75, 3.05) is 13.7 Å². The van der Waals surface area contributed by atoms with Crippen LogP contribution in [0, 0.1) is 12.3 Å². The fourth-order valence-electron chi connectivity index (χ4n) is 3.00.